The number of rotatable bonds is 7. The summed E-state index contributed by atoms with van der Waals surface area (Å²) in [5, 5.41) is 5.96. The molecule has 0 aliphatic rings. The number of carbonyl (C=O) groups excluding carboxylic acids is 1. The largest absolute Gasteiger partial charge is 0.376 e. The fourth-order valence-electron chi connectivity index (χ4n) is 2.23. The molecule has 0 bridgehead atoms. The lowest BCUT2D eigenvalue weighted by molar-refractivity contribution is -0.119. The summed E-state index contributed by atoms with van der Waals surface area (Å²) in [5.74, 6) is 0.198. The first-order valence-corrected chi connectivity index (χ1v) is 7.89. The molecule has 0 unspecified atom stereocenters. The van der Waals surface area contributed by atoms with Crippen molar-refractivity contribution in [3.63, 3.8) is 0 Å². The van der Waals surface area contributed by atoms with Gasteiger partial charge in [-0.1, -0.05) is 38.1 Å². The van der Waals surface area contributed by atoms with E-state index in [1.807, 2.05) is 12.1 Å². The summed E-state index contributed by atoms with van der Waals surface area (Å²) in [7, 11) is 0. The van der Waals surface area contributed by atoms with Crippen LogP contribution < -0.4 is 10.6 Å². The van der Waals surface area contributed by atoms with Crippen molar-refractivity contribution in [1.29, 1.82) is 0 Å². The van der Waals surface area contributed by atoms with Crippen LogP contribution in [0.5, 0.6) is 0 Å². The SMILES string of the molecule is CC(C)c1ccc(NCC(=O)NCCc2ccc(F)cc2)cc1. The van der Waals surface area contributed by atoms with Crippen LogP contribution in [0.1, 0.15) is 30.9 Å². The van der Waals surface area contributed by atoms with Gasteiger partial charge in [-0.15, -0.1) is 0 Å². The Morgan fingerprint density at radius 2 is 1.70 bits per heavy atom. The van der Waals surface area contributed by atoms with Gasteiger partial charge in [0.05, 0.1) is 6.54 Å². The van der Waals surface area contributed by atoms with Crippen molar-refractivity contribution in [3.05, 3.63) is 65.5 Å². The first-order chi connectivity index (χ1) is 11.0. The normalized spacial score (nSPS) is 10.6. The average Bonchev–Trinajstić information content (AvgIpc) is 2.55. The van der Waals surface area contributed by atoms with E-state index in [0.29, 0.717) is 18.9 Å². The monoisotopic (exact) mass is 314 g/mol. The molecule has 0 saturated carbocycles. The third-order valence-corrected chi connectivity index (χ3v) is 3.68. The average molecular weight is 314 g/mol. The molecular weight excluding hydrogens is 291 g/mol. The zero-order valence-electron chi connectivity index (χ0n) is 13.6. The van der Waals surface area contributed by atoms with Crippen molar-refractivity contribution in [3.8, 4) is 0 Å². The minimum atomic E-state index is -0.245. The molecule has 2 aromatic rings. The molecule has 0 aliphatic carbocycles. The number of halogens is 1. The lowest BCUT2D eigenvalue weighted by atomic mass is 10.0. The molecule has 0 saturated heterocycles. The van der Waals surface area contributed by atoms with Crippen molar-refractivity contribution in [2.45, 2.75) is 26.2 Å². The van der Waals surface area contributed by atoms with Crippen molar-refractivity contribution in [2.24, 2.45) is 0 Å². The molecule has 23 heavy (non-hydrogen) atoms. The van der Waals surface area contributed by atoms with Gasteiger partial charge in [0.25, 0.3) is 0 Å². The third-order valence-electron chi connectivity index (χ3n) is 3.68. The summed E-state index contributed by atoms with van der Waals surface area (Å²) in [6, 6.07) is 14.4. The van der Waals surface area contributed by atoms with Crippen molar-refractivity contribution < 1.29 is 9.18 Å². The summed E-state index contributed by atoms with van der Waals surface area (Å²) in [5.41, 5.74) is 3.21. The Morgan fingerprint density at radius 3 is 2.30 bits per heavy atom. The minimum absolute atomic E-state index is 0.0555. The van der Waals surface area contributed by atoms with Gasteiger partial charge in [-0.2, -0.15) is 0 Å². The number of amides is 1. The van der Waals surface area contributed by atoms with Crippen LogP contribution in [0.2, 0.25) is 0 Å². The Balaban J connectivity index is 1.69. The molecule has 2 rings (SSSR count). The van der Waals surface area contributed by atoms with E-state index in [1.54, 1.807) is 12.1 Å². The molecule has 2 N–H and O–H groups in total. The lowest BCUT2D eigenvalue weighted by Gasteiger charge is -2.10. The van der Waals surface area contributed by atoms with Crippen LogP contribution >= 0.6 is 0 Å². The smallest absolute Gasteiger partial charge is 0.239 e. The van der Waals surface area contributed by atoms with E-state index in [-0.39, 0.29) is 18.3 Å². The van der Waals surface area contributed by atoms with E-state index >= 15 is 0 Å². The molecule has 122 valence electrons. The lowest BCUT2D eigenvalue weighted by Crippen LogP contribution is -2.31. The van der Waals surface area contributed by atoms with Crippen LogP contribution in [-0.2, 0) is 11.2 Å². The van der Waals surface area contributed by atoms with Crippen LogP contribution in [0.4, 0.5) is 10.1 Å². The van der Waals surface area contributed by atoms with Crippen molar-refractivity contribution in [2.75, 3.05) is 18.4 Å². The molecule has 0 aromatic heterocycles. The predicted molar refractivity (Wildman–Crippen MR) is 92.1 cm³/mol. The maximum Gasteiger partial charge on any atom is 0.239 e. The van der Waals surface area contributed by atoms with E-state index in [9.17, 15) is 9.18 Å². The number of anilines is 1. The van der Waals surface area contributed by atoms with Gasteiger partial charge in [0, 0.05) is 12.2 Å². The molecule has 0 aliphatic heterocycles. The zero-order chi connectivity index (χ0) is 16.7. The summed E-state index contributed by atoms with van der Waals surface area (Å²) >= 11 is 0. The summed E-state index contributed by atoms with van der Waals surface area (Å²) in [4.78, 5) is 11.8. The van der Waals surface area contributed by atoms with Crippen LogP contribution in [-0.4, -0.2) is 19.0 Å². The van der Waals surface area contributed by atoms with Gasteiger partial charge >= 0.3 is 0 Å². The van der Waals surface area contributed by atoms with Crippen molar-refractivity contribution >= 4 is 11.6 Å². The highest BCUT2D eigenvalue weighted by Gasteiger charge is 2.02. The second-order valence-electron chi connectivity index (χ2n) is 5.86. The van der Waals surface area contributed by atoms with E-state index in [4.69, 9.17) is 0 Å². The van der Waals surface area contributed by atoms with Gasteiger partial charge in [0.15, 0.2) is 0 Å². The molecule has 0 radical (unpaired) electrons. The third kappa shape index (κ3) is 5.74. The molecule has 3 nitrogen and oxygen atoms in total. The van der Waals surface area contributed by atoms with E-state index in [1.165, 1.54) is 17.7 Å². The summed E-state index contributed by atoms with van der Waals surface area (Å²) in [6.45, 7) is 5.08. The van der Waals surface area contributed by atoms with Gasteiger partial charge in [-0.3, -0.25) is 4.79 Å². The van der Waals surface area contributed by atoms with Gasteiger partial charge in [0.1, 0.15) is 5.82 Å². The van der Waals surface area contributed by atoms with E-state index in [2.05, 4.69) is 36.6 Å². The maximum atomic E-state index is 12.8. The van der Waals surface area contributed by atoms with Gasteiger partial charge in [-0.05, 0) is 47.7 Å². The Kier molecular flexibility index (Phi) is 6.15. The highest BCUT2D eigenvalue weighted by atomic mass is 19.1. The standard InChI is InChI=1S/C19H23FN2O/c1-14(2)16-5-9-18(10-6-16)22-13-19(23)21-12-11-15-3-7-17(20)8-4-15/h3-10,14,22H,11-13H2,1-2H3,(H,21,23). The predicted octanol–water partition coefficient (Wildman–Crippen LogP) is 3.72. The van der Waals surface area contributed by atoms with Crippen molar-refractivity contribution in [1.82, 2.24) is 5.32 Å². The number of hydrogen-bond donors (Lipinski definition) is 2. The second-order valence-corrected chi connectivity index (χ2v) is 5.86. The molecule has 2 aromatic carbocycles. The first kappa shape index (κ1) is 17.0. The van der Waals surface area contributed by atoms with Crippen LogP contribution in [0.25, 0.3) is 0 Å². The number of carbonyl (C=O) groups is 1. The summed E-state index contributed by atoms with van der Waals surface area (Å²) in [6.07, 6.45) is 0.690. The van der Waals surface area contributed by atoms with E-state index < -0.39 is 0 Å². The molecular formula is C19H23FN2O. The second kappa shape index (κ2) is 8.32. The van der Waals surface area contributed by atoms with E-state index in [0.717, 1.165) is 11.3 Å². The highest BCUT2D eigenvalue weighted by Crippen LogP contribution is 2.16. The van der Waals surface area contributed by atoms with Crippen LogP contribution in [0.3, 0.4) is 0 Å². The minimum Gasteiger partial charge on any atom is -0.376 e. The molecule has 4 heteroatoms. The molecule has 0 heterocycles. The maximum absolute atomic E-state index is 12.8. The Hall–Kier alpha value is -2.36. The fourth-order valence-corrected chi connectivity index (χ4v) is 2.23. The van der Waals surface area contributed by atoms with Gasteiger partial charge in [-0.25, -0.2) is 4.39 Å². The Morgan fingerprint density at radius 1 is 1.04 bits per heavy atom. The molecule has 0 spiro atoms. The Bertz CT molecular complexity index is 621. The number of benzene rings is 2. The zero-order valence-corrected chi connectivity index (χ0v) is 13.6. The quantitative estimate of drug-likeness (QED) is 0.818. The van der Waals surface area contributed by atoms with Gasteiger partial charge < -0.3 is 10.6 Å². The molecule has 0 fully saturated rings. The van der Waals surface area contributed by atoms with Crippen LogP contribution in [0, 0.1) is 5.82 Å². The first-order valence-electron chi connectivity index (χ1n) is 7.89. The number of nitrogens with one attached hydrogen (secondary N) is 2. The van der Waals surface area contributed by atoms with Gasteiger partial charge in [0.2, 0.25) is 5.91 Å². The number of hydrogen-bond acceptors (Lipinski definition) is 2. The molecule has 1 amide bonds. The highest BCUT2D eigenvalue weighted by molar-refractivity contribution is 5.80. The summed E-state index contributed by atoms with van der Waals surface area (Å²) < 4.78 is 12.8. The Labute approximate surface area is 136 Å². The van der Waals surface area contributed by atoms with Crippen LogP contribution in [0.15, 0.2) is 48.5 Å². The topological polar surface area (TPSA) is 41.1 Å². The fraction of sp³-hybridized carbons (Fsp3) is 0.316. The molecule has 0 atom stereocenters.